The molecule has 2 aromatic rings. The number of fused-ring (bicyclic) bond motifs is 2. The lowest BCUT2D eigenvalue weighted by Gasteiger charge is -2.37. The molecule has 10 nitrogen and oxygen atoms in total. The molecule has 2 aliphatic heterocycles. The highest BCUT2D eigenvalue weighted by atomic mass is 79.9. The van der Waals surface area contributed by atoms with Crippen molar-refractivity contribution in [3.63, 3.8) is 0 Å². The topological polar surface area (TPSA) is 126 Å². The summed E-state index contributed by atoms with van der Waals surface area (Å²) in [4.78, 5) is 43.3. The molecule has 4 rings (SSSR count). The second-order valence-electron chi connectivity index (χ2n) is 11.3. The van der Waals surface area contributed by atoms with Gasteiger partial charge >= 0.3 is 5.97 Å². The number of hydrogen-bond acceptors (Lipinski definition) is 7. The molecule has 2 aromatic carbocycles. The van der Waals surface area contributed by atoms with E-state index in [4.69, 9.17) is 10.1 Å². The second-order valence-corrected chi connectivity index (χ2v) is 11.3. The molecule has 1 atom stereocenters. The Morgan fingerprint density at radius 2 is 1.85 bits per heavy atom. The number of hydrogen-bond donors (Lipinski definition) is 3. The Morgan fingerprint density at radius 3 is 2.42 bits per heavy atom. The predicted molar refractivity (Wildman–Crippen MR) is 161 cm³/mol. The first kappa shape index (κ1) is 30.9. The summed E-state index contributed by atoms with van der Waals surface area (Å²) in [6.07, 6.45) is 0. The van der Waals surface area contributed by atoms with Crippen molar-refractivity contribution in [1.82, 2.24) is 10.2 Å². The van der Waals surface area contributed by atoms with Crippen LogP contribution < -0.4 is 19.9 Å². The predicted octanol–water partition coefficient (Wildman–Crippen LogP) is 3.68. The van der Waals surface area contributed by atoms with Gasteiger partial charge in [-0.2, -0.15) is 0 Å². The van der Waals surface area contributed by atoms with Crippen molar-refractivity contribution in [2.75, 3.05) is 50.6 Å². The number of carbonyl (C=O) groups excluding carboxylic acids is 2. The molecule has 0 saturated carbocycles. The highest BCUT2D eigenvalue weighted by Gasteiger charge is 2.34. The minimum Gasteiger partial charge on any atom is -0.489 e. The number of amides is 1. The number of nitrogens with one attached hydrogen (secondary N) is 2. The van der Waals surface area contributed by atoms with Gasteiger partial charge in [0.2, 0.25) is 0 Å². The summed E-state index contributed by atoms with van der Waals surface area (Å²) in [5, 5.41) is 21.1. The standard InChI is InChI=1S/C29H37N5O5.BrH/c1-16(28(37)38)34-8-9-39-25-21(29(2,3)4)10-17(11-23(25)34)24(35)15-33-14-18-12-22(32(6)7)20(27(36)31-5)13-19(18)26(33)30;/h10-13,16,30H,8-9,14-15H2,1-7H3,(H,31,36)(H,37,38);1H. The second kappa shape index (κ2) is 11.5. The van der Waals surface area contributed by atoms with Gasteiger partial charge in [0.15, 0.2) is 5.78 Å². The number of nitrogens with zero attached hydrogens (tertiary/aromatic N) is 3. The zero-order valence-corrected chi connectivity index (χ0v) is 25.8. The summed E-state index contributed by atoms with van der Waals surface area (Å²) in [7, 11) is 5.28. The van der Waals surface area contributed by atoms with Gasteiger partial charge in [0, 0.05) is 50.1 Å². The van der Waals surface area contributed by atoms with E-state index in [1.807, 2.05) is 51.9 Å². The Balaban J connectivity index is 0.00000441. The first-order valence-corrected chi connectivity index (χ1v) is 13.0. The fourth-order valence-electron chi connectivity index (χ4n) is 5.12. The van der Waals surface area contributed by atoms with E-state index in [9.17, 15) is 19.5 Å². The zero-order valence-electron chi connectivity index (χ0n) is 24.0. The summed E-state index contributed by atoms with van der Waals surface area (Å²) in [6, 6.07) is 6.38. The van der Waals surface area contributed by atoms with Gasteiger partial charge in [-0.05, 0) is 42.2 Å². The van der Waals surface area contributed by atoms with E-state index in [0.29, 0.717) is 47.8 Å². The van der Waals surface area contributed by atoms with Crippen LogP contribution in [0.3, 0.4) is 0 Å². The molecule has 40 heavy (non-hydrogen) atoms. The van der Waals surface area contributed by atoms with Crippen molar-refractivity contribution in [2.24, 2.45) is 0 Å². The molecule has 2 aliphatic rings. The molecular weight excluding hydrogens is 578 g/mol. The third-order valence-electron chi connectivity index (χ3n) is 7.35. The van der Waals surface area contributed by atoms with Crippen molar-refractivity contribution in [2.45, 2.75) is 45.7 Å². The van der Waals surface area contributed by atoms with Crippen molar-refractivity contribution < 1.29 is 24.2 Å². The molecule has 0 fully saturated rings. The van der Waals surface area contributed by atoms with Crippen LogP contribution in [0.25, 0.3) is 0 Å². The van der Waals surface area contributed by atoms with Crippen molar-refractivity contribution in [3.8, 4) is 5.75 Å². The summed E-state index contributed by atoms with van der Waals surface area (Å²) < 4.78 is 6.01. The van der Waals surface area contributed by atoms with Crippen LogP contribution in [-0.2, 0) is 16.8 Å². The lowest BCUT2D eigenvalue weighted by Crippen LogP contribution is -2.44. The number of carboxylic acids is 1. The number of carbonyl (C=O) groups is 3. The Hall–Kier alpha value is -3.60. The first-order chi connectivity index (χ1) is 18.2. The van der Waals surface area contributed by atoms with Gasteiger partial charge in [0.25, 0.3) is 5.91 Å². The van der Waals surface area contributed by atoms with Gasteiger partial charge < -0.3 is 29.9 Å². The summed E-state index contributed by atoms with van der Waals surface area (Å²) >= 11 is 0. The number of halogens is 1. The Labute approximate surface area is 245 Å². The Kier molecular flexibility index (Phi) is 8.88. The molecule has 2 heterocycles. The van der Waals surface area contributed by atoms with Crippen LogP contribution in [0.15, 0.2) is 24.3 Å². The molecule has 11 heteroatoms. The first-order valence-electron chi connectivity index (χ1n) is 13.0. The monoisotopic (exact) mass is 615 g/mol. The number of Topliss-reactive ketones (excluding diaryl/α,β-unsaturated/α-hetero) is 1. The highest BCUT2D eigenvalue weighted by molar-refractivity contribution is 8.93. The van der Waals surface area contributed by atoms with E-state index in [0.717, 1.165) is 16.8 Å². The van der Waals surface area contributed by atoms with E-state index in [2.05, 4.69) is 5.32 Å². The maximum atomic E-state index is 13.7. The number of amidine groups is 1. The van der Waals surface area contributed by atoms with Crippen LogP contribution in [0.2, 0.25) is 0 Å². The lowest BCUT2D eigenvalue weighted by atomic mass is 9.84. The summed E-state index contributed by atoms with van der Waals surface area (Å²) in [5.41, 5.74) is 4.22. The summed E-state index contributed by atoms with van der Waals surface area (Å²) in [6.45, 7) is 8.80. The van der Waals surface area contributed by atoms with Crippen LogP contribution in [0.4, 0.5) is 11.4 Å². The van der Waals surface area contributed by atoms with E-state index >= 15 is 0 Å². The molecule has 0 spiro atoms. The summed E-state index contributed by atoms with van der Waals surface area (Å²) in [5.74, 6) is -0.581. The van der Waals surface area contributed by atoms with E-state index < -0.39 is 12.0 Å². The lowest BCUT2D eigenvalue weighted by molar-refractivity contribution is -0.138. The molecule has 0 bridgehead atoms. The van der Waals surface area contributed by atoms with Crippen LogP contribution >= 0.6 is 17.0 Å². The van der Waals surface area contributed by atoms with Crippen LogP contribution in [-0.4, -0.2) is 80.4 Å². The van der Waals surface area contributed by atoms with E-state index in [-0.39, 0.29) is 46.5 Å². The molecule has 3 N–H and O–H groups in total. The third-order valence-corrected chi connectivity index (χ3v) is 7.35. The average molecular weight is 617 g/mol. The Morgan fingerprint density at radius 1 is 1.18 bits per heavy atom. The number of anilines is 2. The fourth-order valence-corrected chi connectivity index (χ4v) is 5.12. The van der Waals surface area contributed by atoms with Crippen molar-refractivity contribution in [1.29, 1.82) is 5.41 Å². The number of benzene rings is 2. The molecule has 0 aromatic heterocycles. The van der Waals surface area contributed by atoms with Gasteiger partial charge in [0.05, 0.1) is 24.3 Å². The highest BCUT2D eigenvalue weighted by Crippen LogP contribution is 2.43. The molecule has 1 amide bonds. The minimum absolute atomic E-state index is 0. The van der Waals surface area contributed by atoms with Crippen LogP contribution in [0.1, 0.15) is 65.1 Å². The molecule has 216 valence electrons. The maximum Gasteiger partial charge on any atom is 0.326 e. The van der Waals surface area contributed by atoms with Crippen molar-refractivity contribution >= 4 is 51.9 Å². The largest absolute Gasteiger partial charge is 0.489 e. The van der Waals surface area contributed by atoms with Crippen LogP contribution in [0, 0.1) is 5.41 Å². The molecule has 0 saturated heterocycles. The minimum atomic E-state index is -0.951. The van der Waals surface area contributed by atoms with E-state index in [1.165, 1.54) is 0 Å². The Bertz CT molecular complexity index is 1370. The van der Waals surface area contributed by atoms with Gasteiger partial charge in [-0.3, -0.25) is 15.0 Å². The number of ketones is 1. The number of ether oxygens (including phenoxy) is 1. The number of aliphatic carboxylic acids is 1. The number of rotatable bonds is 7. The maximum absolute atomic E-state index is 13.7. The molecule has 0 aliphatic carbocycles. The van der Waals surface area contributed by atoms with Gasteiger partial charge in [0.1, 0.15) is 24.2 Å². The quantitative estimate of drug-likeness (QED) is 0.403. The molecular formula is C29H38BrN5O5. The average Bonchev–Trinajstić information content (AvgIpc) is 3.19. The molecule has 0 radical (unpaired) electrons. The van der Waals surface area contributed by atoms with E-state index in [1.54, 1.807) is 35.9 Å². The van der Waals surface area contributed by atoms with Gasteiger partial charge in [-0.1, -0.05) is 20.8 Å². The van der Waals surface area contributed by atoms with Crippen molar-refractivity contribution in [3.05, 3.63) is 52.1 Å². The fraction of sp³-hybridized carbons (Fsp3) is 0.448. The van der Waals surface area contributed by atoms with Crippen LogP contribution in [0.5, 0.6) is 5.75 Å². The normalized spacial score (nSPS) is 14.9. The number of carboxylic acid groups (broad SMARTS) is 1. The zero-order chi connectivity index (χ0) is 28.8. The molecule has 1 unspecified atom stereocenters. The smallest absolute Gasteiger partial charge is 0.326 e. The van der Waals surface area contributed by atoms with Gasteiger partial charge in [-0.15, -0.1) is 17.0 Å². The third kappa shape index (κ3) is 5.65. The SMILES string of the molecule is Br.CNC(=O)c1cc2c(cc1N(C)C)CN(CC(=O)c1cc3c(c(C(C)(C)C)c1)OCCN3C(C)C(=O)O)C2=N. The van der Waals surface area contributed by atoms with Gasteiger partial charge in [-0.25, -0.2) is 4.79 Å².